The van der Waals surface area contributed by atoms with Gasteiger partial charge in [0.15, 0.2) is 0 Å². The number of benzene rings is 1. The normalized spacial score (nSPS) is 28.5. The molecule has 1 atom stereocenters. The summed E-state index contributed by atoms with van der Waals surface area (Å²) in [5.74, 6) is 0.927. The van der Waals surface area contributed by atoms with E-state index in [1.54, 1.807) is 11.1 Å². The topological polar surface area (TPSA) is 12.0 Å². The van der Waals surface area contributed by atoms with E-state index in [2.05, 4.69) is 36.6 Å². The summed E-state index contributed by atoms with van der Waals surface area (Å²) in [4.78, 5) is 0. The molecule has 1 saturated carbocycles. The van der Waals surface area contributed by atoms with Gasteiger partial charge in [0.05, 0.1) is 0 Å². The zero-order chi connectivity index (χ0) is 11.7. The lowest BCUT2D eigenvalue weighted by molar-refractivity contribution is 0.139. The van der Waals surface area contributed by atoms with Crippen molar-refractivity contribution in [3.8, 4) is 0 Å². The monoisotopic (exact) mass is 229 g/mol. The predicted molar refractivity (Wildman–Crippen MR) is 72.3 cm³/mol. The third-order valence-electron chi connectivity index (χ3n) is 5.00. The number of hydrogen-bond donors (Lipinski definition) is 1. The minimum atomic E-state index is 0.446. The van der Waals surface area contributed by atoms with E-state index in [9.17, 15) is 0 Å². The van der Waals surface area contributed by atoms with Crippen LogP contribution in [0.3, 0.4) is 0 Å². The van der Waals surface area contributed by atoms with Crippen molar-refractivity contribution in [1.29, 1.82) is 0 Å². The number of likely N-dealkylation sites (N-methyl/N-ethyl adjacent to an activating group) is 1. The van der Waals surface area contributed by atoms with E-state index in [-0.39, 0.29) is 0 Å². The fourth-order valence-electron chi connectivity index (χ4n) is 3.98. The Hall–Kier alpha value is -0.820. The summed E-state index contributed by atoms with van der Waals surface area (Å²) in [7, 11) is 2.11. The molecule has 0 bridgehead atoms. The molecule has 1 aromatic carbocycles. The molecule has 0 aliphatic heterocycles. The fourth-order valence-corrected chi connectivity index (χ4v) is 3.98. The fraction of sp³-hybridized carbons (Fsp3) is 0.625. The Labute approximate surface area is 105 Å². The molecule has 1 aromatic rings. The quantitative estimate of drug-likeness (QED) is 0.838. The molecule has 0 saturated heterocycles. The van der Waals surface area contributed by atoms with E-state index < -0.39 is 0 Å². The van der Waals surface area contributed by atoms with Gasteiger partial charge in [-0.25, -0.2) is 0 Å². The molecule has 92 valence electrons. The number of aryl methyl sites for hydroxylation is 1. The highest BCUT2D eigenvalue weighted by molar-refractivity contribution is 5.38. The molecule has 0 heterocycles. The summed E-state index contributed by atoms with van der Waals surface area (Å²) < 4.78 is 0. The Balaban J connectivity index is 2.03. The maximum atomic E-state index is 3.47. The third-order valence-corrected chi connectivity index (χ3v) is 5.00. The van der Waals surface area contributed by atoms with Gasteiger partial charge in [0.2, 0.25) is 0 Å². The van der Waals surface area contributed by atoms with E-state index in [0.29, 0.717) is 5.41 Å². The third kappa shape index (κ3) is 1.72. The summed E-state index contributed by atoms with van der Waals surface area (Å²) >= 11 is 0. The first-order valence-electron chi connectivity index (χ1n) is 7.10. The van der Waals surface area contributed by atoms with E-state index in [4.69, 9.17) is 0 Å². The predicted octanol–water partition coefficient (Wildman–Crippen LogP) is 3.28. The Kier molecular flexibility index (Phi) is 2.96. The van der Waals surface area contributed by atoms with Gasteiger partial charge in [0, 0.05) is 12.0 Å². The van der Waals surface area contributed by atoms with Crippen LogP contribution in [0.1, 0.15) is 43.2 Å². The van der Waals surface area contributed by atoms with Crippen LogP contribution in [0, 0.1) is 5.92 Å². The Morgan fingerprint density at radius 2 is 2.06 bits per heavy atom. The smallest absolute Gasteiger partial charge is 0.0109 e. The highest BCUT2D eigenvalue weighted by atomic mass is 14.8. The standard InChI is InChI=1S/C16H23N/c1-17-12-16(14-8-4-9-14)11-5-7-13-6-2-3-10-15(13)16/h2-3,6,10,14,17H,4-5,7-9,11-12H2,1H3. The molecule has 0 spiro atoms. The van der Waals surface area contributed by atoms with Gasteiger partial charge >= 0.3 is 0 Å². The first-order valence-corrected chi connectivity index (χ1v) is 7.10. The van der Waals surface area contributed by atoms with Gasteiger partial charge in [-0.1, -0.05) is 30.7 Å². The Morgan fingerprint density at radius 1 is 1.24 bits per heavy atom. The average molecular weight is 229 g/mol. The highest BCUT2D eigenvalue weighted by Gasteiger charge is 2.44. The Bertz CT molecular complexity index is 394. The van der Waals surface area contributed by atoms with Crippen LogP contribution in [0.15, 0.2) is 24.3 Å². The number of fused-ring (bicyclic) bond motifs is 1. The van der Waals surface area contributed by atoms with Gasteiger partial charge in [0.1, 0.15) is 0 Å². The second-order valence-electron chi connectivity index (χ2n) is 5.82. The summed E-state index contributed by atoms with van der Waals surface area (Å²) in [6, 6.07) is 9.17. The maximum Gasteiger partial charge on any atom is 0.0109 e. The van der Waals surface area contributed by atoms with Crippen LogP contribution in [0.2, 0.25) is 0 Å². The van der Waals surface area contributed by atoms with Crippen LogP contribution >= 0.6 is 0 Å². The zero-order valence-corrected chi connectivity index (χ0v) is 10.8. The van der Waals surface area contributed by atoms with Crippen LogP contribution < -0.4 is 5.32 Å². The lowest BCUT2D eigenvalue weighted by Crippen LogP contribution is -2.48. The van der Waals surface area contributed by atoms with Crippen LogP contribution in [0.25, 0.3) is 0 Å². The molecular weight excluding hydrogens is 206 g/mol. The number of rotatable bonds is 3. The molecule has 17 heavy (non-hydrogen) atoms. The van der Waals surface area contributed by atoms with E-state index >= 15 is 0 Å². The number of nitrogens with one attached hydrogen (secondary N) is 1. The molecule has 1 fully saturated rings. The second-order valence-corrected chi connectivity index (χ2v) is 5.82. The SMILES string of the molecule is CNCC1(C2CCC2)CCCc2ccccc21. The minimum absolute atomic E-state index is 0.446. The maximum absolute atomic E-state index is 3.47. The van der Waals surface area contributed by atoms with Gasteiger partial charge in [-0.2, -0.15) is 0 Å². The first kappa shape index (κ1) is 11.3. The molecule has 1 N–H and O–H groups in total. The van der Waals surface area contributed by atoms with E-state index in [1.807, 2.05) is 0 Å². The van der Waals surface area contributed by atoms with Crippen molar-refractivity contribution in [3.63, 3.8) is 0 Å². The van der Waals surface area contributed by atoms with Gasteiger partial charge in [-0.05, 0) is 56.2 Å². The van der Waals surface area contributed by atoms with Crippen LogP contribution in [-0.4, -0.2) is 13.6 Å². The first-order chi connectivity index (χ1) is 8.37. The molecule has 2 aliphatic carbocycles. The molecule has 0 radical (unpaired) electrons. The molecule has 0 amide bonds. The zero-order valence-electron chi connectivity index (χ0n) is 10.8. The highest BCUT2D eigenvalue weighted by Crippen LogP contribution is 2.49. The molecule has 0 aromatic heterocycles. The van der Waals surface area contributed by atoms with Crippen molar-refractivity contribution in [2.45, 2.75) is 43.9 Å². The molecule has 1 nitrogen and oxygen atoms in total. The van der Waals surface area contributed by atoms with Crippen LogP contribution in [0.5, 0.6) is 0 Å². The van der Waals surface area contributed by atoms with Crippen molar-refractivity contribution < 1.29 is 0 Å². The van der Waals surface area contributed by atoms with Crippen molar-refractivity contribution in [2.75, 3.05) is 13.6 Å². The lowest BCUT2D eigenvalue weighted by Gasteiger charge is -2.49. The summed E-state index contributed by atoms with van der Waals surface area (Å²) in [5, 5.41) is 3.47. The van der Waals surface area contributed by atoms with Gasteiger partial charge < -0.3 is 5.32 Å². The van der Waals surface area contributed by atoms with Crippen LogP contribution in [-0.2, 0) is 11.8 Å². The van der Waals surface area contributed by atoms with E-state index in [0.717, 1.165) is 12.5 Å². The molecule has 1 heteroatoms. The largest absolute Gasteiger partial charge is 0.319 e. The van der Waals surface area contributed by atoms with E-state index in [1.165, 1.54) is 38.5 Å². The summed E-state index contributed by atoms with van der Waals surface area (Å²) in [5.41, 5.74) is 3.72. The lowest BCUT2D eigenvalue weighted by atomic mass is 9.57. The van der Waals surface area contributed by atoms with Crippen LogP contribution in [0.4, 0.5) is 0 Å². The van der Waals surface area contributed by atoms with Crippen molar-refractivity contribution in [3.05, 3.63) is 35.4 Å². The summed E-state index contributed by atoms with van der Waals surface area (Å²) in [6.07, 6.45) is 8.36. The molecule has 2 aliphatic rings. The number of hydrogen-bond acceptors (Lipinski definition) is 1. The van der Waals surface area contributed by atoms with Gasteiger partial charge in [-0.3, -0.25) is 0 Å². The molecule has 1 unspecified atom stereocenters. The molecule has 3 rings (SSSR count). The van der Waals surface area contributed by atoms with Crippen molar-refractivity contribution in [2.24, 2.45) is 5.92 Å². The van der Waals surface area contributed by atoms with Gasteiger partial charge in [-0.15, -0.1) is 0 Å². The molecular formula is C16H23N. The second kappa shape index (κ2) is 4.45. The van der Waals surface area contributed by atoms with Crippen molar-refractivity contribution >= 4 is 0 Å². The summed E-state index contributed by atoms with van der Waals surface area (Å²) in [6.45, 7) is 1.16. The van der Waals surface area contributed by atoms with Crippen molar-refractivity contribution in [1.82, 2.24) is 5.32 Å². The average Bonchev–Trinajstić information content (AvgIpc) is 2.28. The van der Waals surface area contributed by atoms with Gasteiger partial charge in [0.25, 0.3) is 0 Å². The minimum Gasteiger partial charge on any atom is -0.319 e. The Morgan fingerprint density at radius 3 is 2.76 bits per heavy atom.